The van der Waals surface area contributed by atoms with Crippen molar-refractivity contribution in [1.82, 2.24) is 5.32 Å². The Balaban J connectivity index is 2.00. The third-order valence-corrected chi connectivity index (χ3v) is 3.71. The van der Waals surface area contributed by atoms with Crippen molar-refractivity contribution in [2.24, 2.45) is 11.1 Å². The summed E-state index contributed by atoms with van der Waals surface area (Å²) in [5.41, 5.74) is 0.187. The average molecular weight is 312 g/mol. The van der Waals surface area contributed by atoms with Crippen LogP contribution < -0.4 is 5.32 Å². The highest BCUT2D eigenvalue weighted by atomic mass is 19.1. The van der Waals surface area contributed by atoms with Crippen molar-refractivity contribution in [3.8, 4) is 0 Å². The number of aliphatic hydroxyl groups is 1. The van der Waals surface area contributed by atoms with Crippen molar-refractivity contribution in [3.05, 3.63) is 35.4 Å². The van der Waals surface area contributed by atoms with Gasteiger partial charge in [0, 0.05) is 24.6 Å². The largest absolute Gasteiger partial charge is 0.396 e. The second kappa shape index (κ2) is 6.83. The summed E-state index contributed by atoms with van der Waals surface area (Å²) in [4.78, 5) is 17.1. The molecule has 0 aromatic heterocycles. The van der Waals surface area contributed by atoms with Gasteiger partial charge < -0.3 is 15.3 Å². The first-order chi connectivity index (χ1) is 10.4. The monoisotopic (exact) mass is 312 g/mol. The van der Waals surface area contributed by atoms with Crippen LogP contribution in [0.2, 0.25) is 0 Å². The van der Waals surface area contributed by atoms with Gasteiger partial charge >= 0.3 is 0 Å². The van der Waals surface area contributed by atoms with Gasteiger partial charge in [0.05, 0.1) is 5.71 Å². The Bertz CT molecular complexity index is 592. The van der Waals surface area contributed by atoms with Gasteiger partial charge in [-0.15, -0.1) is 0 Å². The average Bonchev–Trinajstić information content (AvgIpc) is 2.98. The third kappa shape index (κ3) is 3.59. The highest BCUT2D eigenvalue weighted by Gasteiger charge is 2.31. The smallest absolute Gasteiger partial charge is 0.264 e. The number of oxime groups is 1. The van der Waals surface area contributed by atoms with Gasteiger partial charge in [0.25, 0.3) is 5.91 Å². The summed E-state index contributed by atoms with van der Waals surface area (Å²) < 4.78 is 26.9. The zero-order valence-corrected chi connectivity index (χ0v) is 12.3. The van der Waals surface area contributed by atoms with Gasteiger partial charge in [0.2, 0.25) is 6.10 Å². The molecule has 3 atom stereocenters. The van der Waals surface area contributed by atoms with E-state index in [9.17, 15) is 13.6 Å². The number of benzene rings is 1. The Morgan fingerprint density at radius 1 is 1.50 bits per heavy atom. The Morgan fingerprint density at radius 3 is 2.91 bits per heavy atom. The number of carbonyl (C=O) groups is 1. The lowest BCUT2D eigenvalue weighted by Gasteiger charge is -2.20. The number of hydrogen-bond acceptors (Lipinski definition) is 4. The van der Waals surface area contributed by atoms with Crippen molar-refractivity contribution in [2.75, 3.05) is 6.61 Å². The highest BCUT2D eigenvalue weighted by Crippen LogP contribution is 2.20. The van der Waals surface area contributed by atoms with E-state index in [0.29, 0.717) is 0 Å². The maximum Gasteiger partial charge on any atom is 0.264 e. The fourth-order valence-electron chi connectivity index (χ4n) is 2.01. The number of amides is 1. The predicted molar refractivity (Wildman–Crippen MR) is 76.2 cm³/mol. The standard InChI is InChI=1S/C15H18F2N2O3/c1-8(7-20)9(2)18-15(21)14-6-13(19-22-14)11-5-10(16)3-4-12(11)17/h3-5,8-9,14,20H,6-7H2,1-2H3,(H,18,21)/t8-,9+,14+/m1/s1. The van der Waals surface area contributed by atoms with E-state index in [2.05, 4.69) is 10.5 Å². The first kappa shape index (κ1) is 16.4. The minimum atomic E-state index is -0.883. The van der Waals surface area contributed by atoms with Gasteiger partial charge in [-0.25, -0.2) is 8.78 Å². The van der Waals surface area contributed by atoms with Crippen molar-refractivity contribution in [2.45, 2.75) is 32.4 Å². The zero-order chi connectivity index (χ0) is 16.3. The van der Waals surface area contributed by atoms with E-state index >= 15 is 0 Å². The molecule has 7 heteroatoms. The van der Waals surface area contributed by atoms with Crippen LogP contribution in [0.25, 0.3) is 0 Å². The van der Waals surface area contributed by atoms with Crippen LogP contribution in [0.5, 0.6) is 0 Å². The highest BCUT2D eigenvalue weighted by molar-refractivity contribution is 6.04. The van der Waals surface area contributed by atoms with Crippen LogP contribution in [0.3, 0.4) is 0 Å². The van der Waals surface area contributed by atoms with E-state index in [1.165, 1.54) is 0 Å². The Morgan fingerprint density at radius 2 is 2.23 bits per heavy atom. The van der Waals surface area contributed by atoms with E-state index in [1.807, 2.05) is 0 Å². The molecule has 1 aromatic rings. The van der Waals surface area contributed by atoms with Crippen molar-refractivity contribution in [3.63, 3.8) is 0 Å². The quantitative estimate of drug-likeness (QED) is 0.867. The van der Waals surface area contributed by atoms with Crippen molar-refractivity contribution in [1.29, 1.82) is 0 Å². The van der Waals surface area contributed by atoms with E-state index in [1.54, 1.807) is 13.8 Å². The summed E-state index contributed by atoms with van der Waals surface area (Å²) in [5, 5.41) is 15.4. The van der Waals surface area contributed by atoms with Gasteiger partial charge in [-0.05, 0) is 31.0 Å². The molecule has 0 unspecified atom stereocenters. The summed E-state index contributed by atoms with van der Waals surface area (Å²) in [6, 6.07) is 2.80. The minimum absolute atomic E-state index is 0.00734. The first-order valence-corrected chi connectivity index (χ1v) is 7.01. The third-order valence-electron chi connectivity index (χ3n) is 3.71. The lowest BCUT2D eigenvalue weighted by molar-refractivity contribution is -0.132. The zero-order valence-electron chi connectivity index (χ0n) is 12.3. The maximum atomic E-state index is 13.7. The molecule has 1 heterocycles. The number of hydrogen-bond donors (Lipinski definition) is 2. The van der Waals surface area contributed by atoms with Crippen molar-refractivity contribution < 1.29 is 23.5 Å². The molecular formula is C15H18F2N2O3. The predicted octanol–water partition coefficient (Wildman–Crippen LogP) is 1.59. The molecule has 2 rings (SSSR count). The van der Waals surface area contributed by atoms with E-state index in [0.717, 1.165) is 18.2 Å². The normalized spacial score (nSPS) is 20.0. The van der Waals surface area contributed by atoms with Gasteiger partial charge in [-0.1, -0.05) is 12.1 Å². The maximum absolute atomic E-state index is 13.7. The van der Waals surface area contributed by atoms with Crippen LogP contribution in [-0.2, 0) is 9.63 Å². The van der Waals surface area contributed by atoms with Crippen LogP contribution in [0, 0.1) is 17.6 Å². The number of nitrogens with one attached hydrogen (secondary N) is 1. The van der Waals surface area contributed by atoms with Crippen LogP contribution in [0.15, 0.2) is 23.4 Å². The summed E-state index contributed by atoms with van der Waals surface area (Å²) in [7, 11) is 0. The minimum Gasteiger partial charge on any atom is -0.396 e. The molecule has 0 bridgehead atoms. The number of rotatable bonds is 5. The molecule has 22 heavy (non-hydrogen) atoms. The SMILES string of the molecule is C[C@H](CO)[C@H](C)NC(=O)[C@@H]1CC(c2cc(F)ccc2F)=NO1. The van der Waals surface area contributed by atoms with Crippen LogP contribution >= 0.6 is 0 Å². The van der Waals surface area contributed by atoms with Crippen LogP contribution in [-0.4, -0.2) is 35.5 Å². The van der Waals surface area contributed by atoms with E-state index in [-0.39, 0.29) is 36.3 Å². The molecule has 0 saturated carbocycles. The number of halogens is 2. The second-order valence-electron chi connectivity index (χ2n) is 5.42. The Labute approximate surface area is 127 Å². The summed E-state index contributed by atoms with van der Waals surface area (Å²) in [6.45, 7) is 3.51. The molecule has 1 aliphatic heterocycles. The van der Waals surface area contributed by atoms with Gasteiger partial charge in [0.1, 0.15) is 11.6 Å². The molecule has 1 aliphatic rings. The summed E-state index contributed by atoms with van der Waals surface area (Å²) >= 11 is 0. The van der Waals surface area contributed by atoms with Crippen LogP contribution in [0.4, 0.5) is 8.78 Å². The van der Waals surface area contributed by atoms with Crippen molar-refractivity contribution >= 4 is 11.6 Å². The summed E-state index contributed by atoms with van der Waals surface area (Å²) in [6.07, 6.45) is -0.821. The van der Waals surface area contributed by atoms with E-state index in [4.69, 9.17) is 9.94 Å². The number of aliphatic hydroxyl groups excluding tert-OH is 1. The molecule has 0 spiro atoms. The van der Waals surface area contributed by atoms with Crippen LogP contribution in [0.1, 0.15) is 25.8 Å². The number of carbonyl (C=O) groups excluding carboxylic acids is 1. The first-order valence-electron chi connectivity index (χ1n) is 7.01. The Hall–Kier alpha value is -2.02. The van der Waals surface area contributed by atoms with Gasteiger partial charge in [-0.3, -0.25) is 4.79 Å². The fraction of sp³-hybridized carbons (Fsp3) is 0.467. The number of nitrogens with zero attached hydrogens (tertiary/aromatic N) is 1. The lowest BCUT2D eigenvalue weighted by atomic mass is 10.0. The van der Waals surface area contributed by atoms with Gasteiger partial charge in [0.15, 0.2) is 0 Å². The molecule has 1 amide bonds. The van der Waals surface area contributed by atoms with E-state index < -0.39 is 23.6 Å². The molecule has 0 saturated heterocycles. The molecule has 1 aromatic carbocycles. The molecule has 0 fully saturated rings. The second-order valence-corrected chi connectivity index (χ2v) is 5.42. The summed E-state index contributed by atoms with van der Waals surface area (Å²) in [5.74, 6) is -1.71. The molecule has 0 radical (unpaired) electrons. The molecular weight excluding hydrogens is 294 g/mol. The molecule has 0 aliphatic carbocycles. The lowest BCUT2D eigenvalue weighted by Crippen LogP contribution is -2.43. The molecule has 120 valence electrons. The molecule has 5 nitrogen and oxygen atoms in total. The molecule has 2 N–H and O–H groups in total. The Kier molecular flexibility index (Phi) is 5.07. The fourth-order valence-corrected chi connectivity index (χ4v) is 2.01. The van der Waals surface area contributed by atoms with Gasteiger partial charge in [-0.2, -0.15) is 0 Å². The topological polar surface area (TPSA) is 70.9 Å².